The molecule has 1 atom stereocenters. The largest absolute Gasteiger partial charge is 0.497 e. The molecule has 1 heterocycles. The Hall–Kier alpha value is -2.29. The number of ketones is 1. The van der Waals surface area contributed by atoms with Gasteiger partial charge in [0, 0.05) is 24.2 Å². The first-order chi connectivity index (χ1) is 10.8. The number of nitrogens with one attached hydrogen (secondary N) is 1. The van der Waals surface area contributed by atoms with Crippen molar-refractivity contribution in [3.8, 4) is 5.75 Å². The van der Waals surface area contributed by atoms with Crippen LogP contribution in [0, 0.1) is 5.92 Å². The van der Waals surface area contributed by atoms with Gasteiger partial charge in [-0.2, -0.15) is 0 Å². The van der Waals surface area contributed by atoms with Crippen molar-refractivity contribution in [3.63, 3.8) is 0 Å². The molecule has 1 aliphatic carbocycles. The van der Waals surface area contributed by atoms with Gasteiger partial charge in [-0.1, -0.05) is 18.6 Å². The van der Waals surface area contributed by atoms with Gasteiger partial charge in [0.15, 0.2) is 0 Å². The quantitative estimate of drug-likeness (QED) is 0.920. The molecule has 3 heteroatoms. The van der Waals surface area contributed by atoms with Crippen LogP contribution in [0.4, 0.5) is 0 Å². The molecular weight excluding hydrogens is 274 g/mol. The first kappa shape index (κ1) is 14.6. The Morgan fingerprint density at radius 2 is 2.05 bits per heavy atom. The summed E-state index contributed by atoms with van der Waals surface area (Å²) in [6.07, 6.45) is 12.0. The van der Waals surface area contributed by atoms with Gasteiger partial charge in [0.2, 0.25) is 0 Å². The molecule has 0 spiro atoms. The van der Waals surface area contributed by atoms with Gasteiger partial charge < -0.3 is 10.1 Å². The molecule has 114 valence electrons. The number of rotatable bonds is 3. The van der Waals surface area contributed by atoms with Gasteiger partial charge in [-0.25, -0.2) is 0 Å². The Kier molecular flexibility index (Phi) is 4.42. The summed E-state index contributed by atoms with van der Waals surface area (Å²) in [5.41, 5.74) is 3.24. The molecule has 0 bridgehead atoms. The maximum Gasteiger partial charge on any atom is 0.140 e. The normalized spacial score (nSPS) is 23.1. The second kappa shape index (κ2) is 6.65. The molecule has 3 rings (SSSR count). The van der Waals surface area contributed by atoms with Crippen molar-refractivity contribution in [2.45, 2.75) is 25.7 Å². The third kappa shape index (κ3) is 3.30. The van der Waals surface area contributed by atoms with Crippen LogP contribution in [-0.2, 0) is 4.79 Å². The lowest BCUT2D eigenvalue weighted by atomic mass is 9.81. The van der Waals surface area contributed by atoms with E-state index in [1.165, 1.54) is 0 Å². The highest BCUT2D eigenvalue weighted by molar-refractivity contribution is 5.85. The Bertz CT molecular complexity index is 638. The van der Waals surface area contributed by atoms with Crippen LogP contribution in [0.15, 0.2) is 53.9 Å². The predicted octanol–water partition coefficient (Wildman–Crippen LogP) is 3.84. The number of Topliss-reactive ketones (excluding diaryl/α,β-unsaturated/α-hetero) is 1. The van der Waals surface area contributed by atoms with Gasteiger partial charge in [-0.05, 0) is 54.3 Å². The summed E-state index contributed by atoms with van der Waals surface area (Å²) in [6, 6.07) is 7.93. The number of dihydropyridines is 1. The summed E-state index contributed by atoms with van der Waals surface area (Å²) in [6.45, 7) is 0. The summed E-state index contributed by atoms with van der Waals surface area (Å²) in [5, 5.41) is 3.24. The van der Waals surface area contributed by atoms with Gasteiger partial charge in [-0.15, -0.1) is 0 Å². The first-order valence-electron chi connectivity index (χ1n) is 7.79. The van der Waals surface area contributed by atoms with E-state index in [0.29, 0.717) is 5.78 Å². The van der Waals surface area contributed by atoms with Crippen molar-refractivity contribution < 1.29 is 9.53 Å². The highest BCUT2D eigenvalue weighted by Crippen LogP contribution is 2.29. The number of carbonyl (C=O) groups excluding carboxylic acids is 1. The summed E-state index contributed by atoms with van der Waals surface area (Å²) >= 11 is 0. The van der Waals surface area contributed by atoms with Crippen LogP contribution >= 0.6 is 0 Å². The van der Waals surface area contributed by atoms with E-state index in [0.717, 1.165) is 48.3 Å². The van der Waals surface area contributed by atoms with Crippen LogP contribution < -0.4 is 10.1 Å². The lowest BCUT2D eigenvalue weighted by Crippen LogP contribution is -2.22. The highest BCUT2D eigenvalue weighted by Gasteiger charge is 2.25. The molecule has 1 aromatic rings. The molecule has 1 aliphatic heterocycles. The first-order valence-corrected chi connectivity index (χ1v) is 7.79. The van der Waals surface area contributed by atoms with E-state index < -0.39 is 0 Å². The van der Waals surface area contributed by atoms with E-state index in [1.54, 1.807) is 7.11 Å². The number of benzene rings is 1. The van der Waals surface area contributed by atoms with E-state index in [2.05, 4.69) is 17.5 Å². The Balaban J connectivity index is 1.80. The zero-order valence-electron chi connectivity index (χ0n) is 12.8. The van der Waals surface area contributed by atoms with Crippen LogP contribution in [0.5, 0.6) is 5.75 Å². The van der Waals surface area contributed by atoms with Crippen molar-refractivity contribution in [1.82, 2.24) is 5.32 Å². The number of hydrogen-bond donors (Lipinski definition) is 1. The molecule has 0 saturated heterocycles. The van der Waals surface area contributed by atoms with Crippen LogP contribution in [-0.4, -0.2) is 12.9 Å². The minimum Gasteiger partial charge on any atom is -0.497 e. The minimum atomic E-state index is 0.0753. The van der Waals surface area contributed by atoms with Crippen molar-refractivity contribution in [2.75, 3.05) is 7.11 Å². The fourth-order valence-electron chi connectivity index (χ4n) is 3.02. The molecule has 0 aromatic heterocycles. The monoisotopic (exact) mass is 295 g/mol. The zero-order valence-corrected chi connectivity index (χ0v) is 12.8. The fourth-order valence-corrected chi connectivity index (χ4v) is 3.02. The summed E-state index contributed by atoms with van der Waals surface area (Å²) in [5.74, 6) is 1.31. The SMILES string of the molecule is COc1ccc(C=C2C=C(C3CCCCC3=O)C=CN2)cc1. The number of carbonyl (C=O) groups is 1. The van der Waals surface area contributed by atoms with E-state index in [1.807, 2.05) is 36.5 Å². The smallest absolute Gasteiger partial charge is 0.140 e. The molecule has 0 radical (unpaired) electrons. The molecule has 1 fully saturated rings. The maximum absolute atomic E-state index is 12.1. The number of methoxy groups -OCH3 is 1. The van der Waals surface area contributed by atoms with Crippen molar-refractivity contribution >= 4 is 11.9 Å². The van der Waals surface area contributed by atoms with Gasteiger partial charge in [0.25, 0.3) is 0 Å². The number of allylic oxidation sites excluding steroid dienone is 3. The lowest BCUT2D eigenvalue weighted by molar-refractivity contribution is -0.123. The molecule has 1 N–H and O–H groups in total. The van der Waals surface area contributed by atoms with E-state index in [9.17, 15) is 4.79 Å². The Labute approximate surface area is 131 Å². The highest BCUT2D eigenvalue weighted by atomic mass is 16.5. The van der Waals surface area contributed by atoms with Gasteiger partial charge in [-0.3, -0.25) is 4.79 Å². The second-order valence-corrected chi connectivity index (χ2v) is 5.76. The lowest BCUT2D eigenvalue weighted by Gasteiger charge is -2.23. The molecule has 1 aromatic carbocycles. The van der Waals surface area contributed by atoms with Crippen LogP contribution in [0.3, 0.4) is 0 Å². The predicted molar refractivity (Wildman–Crippen MR) is 88.3 cm³/mol. The molecule has 1 saturated carbocycles. The van der Waals surface area contributed by atoms with E-state index in [-0.39, 0.29) is 5.92 Å². The van der Waals surface area contributed by atoms with E-state index in [4.69, 9.17) is 4.74 Å². The number of hydrogen-bond acceptors (Lipinski definition) is 3. The second-order valence-electron chi connectivity index (χ2n) is 5.76. The molecule has 1 unspecified atom stereocenters. The topological polar surface area (TPSA) is 38.3 Å². The fraction of sp³-hybridized carbons (Fsp3) is 0.316. The molecule has 22 heavy (non-hydrogen) atoms. The van der Waals surface area contributed by atoms with E-state index >= 15 is 0 Å². The van der Waals surface area contributed by atoms with Crippen LogP contribution in [0.1, 0.15) is 31.2 Å². The van der Waals surface area contributed by atoms with Crippen LogP contribution in [0.2, 0.25) is 0 Å². The molecule has 3 nitrogen and oxygen atoms in total. The summed E-state index contributed by atoms with van der Waals surface area (Å²) < 4.78 is 5.17. The molecular formula is C19H21NO2. The molecule has 0 amide bonds. The van der Waals surface area contributed by atoms with Crippen molar-refractivity contribution in [1.29, 1.82) is 0 Å². The van der Waals surface area contributed by atoms with Crippen LogP contribution in [0.25, 0.3) is 6.08 Å². The maximum atomic E-state index is 12.1. The number of ether oxygens (including phenoxy) is 1. The van der Waals surface area contributed by atoms with Gasteiger partial charge >= 0.3 is 0 Å². The third-order valence-electron chi connectivity index (χ3n) is 4.24. The summed E-state index contributed by atoms with van der Waals surface area (Å²) in [7, 11) is 1.66. The van der Waals surface area contributed by atoms with Crippen molar-refractivity contribution in [2.24, 2.45) is 5.92 Å². The summed E-state index contributed by atoms with van der Waals surface area (Å²) in [4.78, 5) is 12.1. The standard InChI is InChI=1S/C19H21NO2/c1-22-17-8-6-14(7-9-17)12-16-13-15(10-11-20-16)18-4-2-3-5-19(18)21/h6-13,18,20H,2-5H2,1H3. The van der Waals surface area contributed by atoms with Gasteiger partial charge in [0.05, 0.1) is 7.11 Å². The third-order valence-corrected chi connectivity index (χ3v) is 4.24. The average Bonchev–Trinajstić information content (AvgIpc) is 2.56. The Morgan fingerprint density at radius 3 is 2.77 bits per heavy atom. The Morgan fingerprint density at radius 1 is 1.23 bits per heavy atom. The zero-order chi connectivity index (χ0) is 15.4. The van der Waals surface area contributed by atoms with Gasteiger partial charge in [0.1, 0.15) is 11.5 Å². The molecule has 2 aliphatic rings. The van der Waals surface area contributed by atoms with Crippen molar-refractivity contribution in [3.05, 3.63) is 59.5 Å². The minimum absolute atomic E-state index is 0.0753. The average molecular weight is 295 g/mol.